The van der Waals surface area contributed by atoms with E-state index >= 15 is 0 Å². The molecule has 3 amide bonds. The summed E-state index contributed by atoms with van der Waals surface area (Å²) in [4.78, 5) is 51.9. The SMILES string of the molecule is C=CCCN(CC(=O)N(CC=C)CC(=O)N[C@@H](Cc1ccccc1)C(=O)OC)C(C)=O. The third-order valence-corrected chi connectivity index (χ3v) is 4.51. The van der Waals surface area contributed by atoms with Gasteiger partial charge in [0.15, 0.2) is 0 Å². The number of hydrogen-bond donors (Lipinski definition) is 1. The lowest BCUT2D eigenvalue weighted by Gasteiger charge is -2.26. The maximum absolute atomic E-state index is 12.7. The molecule has 8 nitrogen and oxygen atoms in total. The van der Waals surface area contributed by atoms with Crippen molar-refractivity contribution in [3.63, 3.8) is 0 Å². The zero-order chi connectivity index (χ0) is 23.2. The van der Waals surface area contributed by atoms with Crippen LogP contribution in [-0.4, -0.2) is 72.8 Å². The summed E-state index contributed by atoms with van der Waals surface area (Å²) < 4.78 is 4.80. The van der Waals surface area contributed by atoms with Gasteiger partial charge < -0.3 is 19.9 Å². The van der Waals surface area contributed by atoms with Crippen LogP contribution < -0.4 is 5.32 Å². The highest BCUT2D eigenvalue weighted by Crippen LogP contribution is 2.05. The van der Waals surface area contributed by atoms with Crippen molar-refractivity contribution in [1.82, 2.24) is 15.1 Å². The van der Waals surface area contributed by atoms with Gasteiger partial charge in [0.2, 0.25) is 17.7 Å². The van der Waals surface area contributed by atoms with E-state index in [9.17, 15) is 19.2 Å². The van der Waals surface area contributed by atoms with Crippen molar-refractivity contribution in [2.45, 2.75) is 25.8 Å². The Hall–Kier alpha value is -3.42. The molecule has 0 aromatic heterocycles. The number of hydrogen-bond acceptors (Lipinski definition) is 5. The molecule has 168 valence electrons. The second kappa shape index (κ2) is 13.7. The Morgan fingerprint density at radius 3 is 2.29 bits per heavy atom. The number of carbonyl (C=O) groups excluding carboxylic acids is 4. The van der Waals surface area contributed by atoms with E-state index in [1.807, 2.05) is 30.3 Å². The minimum atomic E-state index is -0.887. The normalized spacial score (nSPS) is 11.0. The maximum Gasteiger partial charge on any atom is 0.328 e. The first-order chi connectivity index (χ1) is 14.8. The first-order valence-electron chi connectivity index (χ1n) is 9.98. The maximum atomic E-state index is 12.7. The van der Waals surface area contributed by atoms with Gasteiger partial charge in [-0.1, -0.05) is 42.5 Å². The highest BCUT2D eigenvalue weighted by atomic mass is 16.5. The van der Waals surface area contributed by atoms with Gasteiger partial charge in [-0.2, -0.15) is 0 Å². The summed E-state index contributed by atoms with van der Waals surface area (Å²) in [6, 6.07) is 8.33. The zero-order valence-electron chi connectivity index (χ0n) is 18.2. The van der Waals surface area contributed by atoms with Gasteiger partial charge in [0, 0.05) is 26.4 Å². The van der Waals surface area contributed by atoms with Crippen LogP contribution in [-0.2, 0) is 30.3 Å². The van der Waals surface area contributed by atoms with Crippen LogP contribution in [0, 0.1) is 0 Å². The molecular weight excluding hydrogens is 398 g/mol. The van der Waals surface area contributed by atoms with Gasteiger partial charge in [-0.25, -0.2) is 4.79 Å². The van der Waals surface area contributed by atoms with Crippen LogP contribution in [0.25, 0.3) is 0 Å². The summed E-state index contributed by atoms with van der Waals surface area (Å²) in [5.41, 5.74) is 0.858. The number of ether oxygens (including phenoxy) is 1. The lowest BCUT2D eigenvalue weighted by molar-refractivity contribution is -0.146. The molecule has 1 rings (SSSR count). The van der Waals surface area contributed by atoms with Crippen LogP contribution in [0.3, 0.4) is 0 Å². The number of nitrogens with zero attached hydrogens (tertiary/aromatic N) is 2. The lowest BCUT2D eigenvalue weighted by atomic mass is 10.1. The van der Waals surface area contributed by atoms with E-state index in [0.29, 0.717) is 13.0 Å². The van der Waals surface area contributed by atoms with E-state index in [2.05, 4.69) is 18.5 Å². The molecule has 1 aromatic carbocycles. The minimum Gasteiger partial charge on any atom is -0.467 e. The topological polar surface area (TPSA) is 96.0 Å². The summed E-state index contributed by atoms with van der Waals surface area (Å²) in [6.45, 7) is 8.67. The average molecular weight is 430 g/mol. The van der Waals surface area contributed by atoms with Gasteiger partial charge in [-0.15, -0.1) is 13.2 Å². The second-order valence-electron chi connectivity index (χ2n) is 6.91. The standard InChI is InChI=1S/C23H31N3O5/c1-5-7-14-25(18(3)27)17-22(29)26(13-6-2)16-21(28)24-20(23(30)31-4)15-19-11-9-8-10-12-19/h5-6,8-12,20H,1-2,7,13-17H2,3-4H3,(H,24,28)/t20-/m0/s1. The Balaban J connectivity index is 2.82. The van der Waals surface area contributed by atoms with Crippen molar-refractivity contribution in [1.29, 1.82) is 0 Å². The van der Waals surface area contributed by atoms with E-state index in [4.69, 9.17) is 4.74 Å². The van der Waals surface area contributed by atoms with Crippen LogP contribution in [0.15, 0.2) is 55.6 Å². The third-order valence-electron chi connectivity index (χ3n) is 4.51. The molecular formula is C23H31N3O5. The van der Waals surface area contributed by atoms with Crippen LogP contribution >= 0.6 is 0 Å². The van der Waals surface area contributed by atoms with Gasteiger partial charge >= 0.3 is 5.97 Å². The first kappa shape index (κ1) is 25.6. The predicted octanol–water partition coefficient (Wildman–Crippen LogP) is 1.33. The molecule has 0 spiro atoms. The van der Waals surface area contributed by atoms with Gasteiger partial charge in [0.05, 0.1) is 20.2 Å². The molecule has 0 bridgehead atoms. The van der Waals surface area contributed by atoms with Crippen molar-refractivity contribution in [3.8, 4) is 0 Å². The molecule has 0 unspecified atom stereocenters. The highest BCUT2D eigenvalue weighted by Gasteiger charge is 2.25. The summed E-state index contributed by atoms with van der Waals surface area (Å²) in [7, 11) is 1.25. The zero-order valence-corrected chi connectivity index (χ0v) is 18.2. The molecule has 0 heterocycles. The molecule has 8 heteroatoms. The van der Waals surface area contributed by atoms with E-state index in [0.717, 1.165) is 5.56 Å². The van der Waals surface area contributed by atoms with Gasteiger partial charge in [0.1, 0.15) is 6.04 Å². The van der Waals surface area contributed by atoms with Crippen LogP contribution in [0.4, 0.5) is 0 Å². The molecule has 0 aliphatic rings. The van der Waals surface area contributed by atoms with Crippen molar-refractivity contribution >= 4 is 23.7 Å². The van der Waals surface area contributed by atoms with Gasteiger partial charge in [-0.3, -0.25) is 14.4 Å². The van der Waals surface area contributed by atoms with Crippen molar-refractivity contribution in [2.75, 3.05) is 33.3 Å². The molecule has 0 saturated carbocycles. The predicted molar refractivity (Wildman–Crippen MR) is 118 cm³/mol. The number of carbonyl (C=O) groups is 4. The first-order valence-corrected chi connectivity index (χ1v) is 9.98. The van der Waals surface area contributed by atoms with Gasteiger partial charge in [0.25, 0.3) is 0 Å². The Morgan fingerprint density at radius 2 is 1.74 bits per heavy atom. The lowest BCUT2D eigenvalue weighted by Crippen LogP contribution is -2.50. The van der Waals surface area contributed by atoms with Gasteiger partial charge in [-0.05, 0) is 12.0 Å². The summed E-state index contributed by atoms with van der Waals surface area (Å²) in [5, 5.41) is 2.63. The number of methoxy groups -OCH3 is 1. The quantitative estimate of drug-likeness (QED) is 0.377. The highest BCUT2D eigenvalue weighted by molar-refractivity contribution is 5.90. The van der Waals surface area contributed by atoms with Crippen LogP contribution in [0.2, 0.25) is 0 Å². The number of esters is 1. The molecule has 0 saturated heterocycles. The van der Waals surface area contributed by atoms with E-state index in [1.54, 1.807) is 6.08 Å². The number of amides is 3. The van der Waals surface area contributed by atoms with Crippen molar-refractivity contribution < 1.29 is 23.9 Å². The molecule has 1 atom stereocenters. The molecule has 0 radical (unpaired) electrons. The average Bonchev–Trinajstić information content (AvgIpc) is 2.75. The van der Waals surface area contributed by atoms with Crippen LogP contribution in [0.5, 0.6) is 0 Å². The largest absolute Gasteiger partial charge is 0.467 e. The smallest absolute Gasteiger partial charge is 0.328 e. The second-order valence-corrected chi connectivity index (χ2v) is 6.91. The van der Waals surface area contributed by atoms with E-state index < -0.39 is 23.8 Å². The molecule has 1 aromatic rings. The summed E-state index contributed by atoms with van der Waals surface area (Å²) in [5.74, 6) is -1.73. The number of rotatable bonds is 13. The van der Waals surface area contributed by atoms with Crippen LogP contribution in [0.1, 0.15) is 18.9 Å². The monoisotopic (exact) mass is 429 g/mol. The number of benzene rings is 1. The Kier molecular flexibility index (Phi) is 11.4. The van der Waals surface area contributed by atoms with Crippen molar-refractivity contribution in [2.24, 2.45) is 0 Å². The third kappa shape index (κ3) is 9.29. The molecule has 0 aliphatic heterocycles. The fourth-order valence-electron chi connectivity index (χ4n) is 2.87. The minimum absolute atomic E-state index is 0.126. The molecule has 0 fully saturated rings. The molecule has 31 heavy (non-hydrogen) atoms. The summed E-state index contributed by atoms with van der Waals surface area (Å²) >= 11 is 0. The fourth-order valence-corrected chi connectivity index (χ4v) is 2.87. The van der Waals surface area contributed by atoms with E-state index in [-0.39, 0.29) is 32.0 Å². The molecule has 1 N–H and O–H groups in total. The number of nitrogens with one attached hydrogen (secondary N) is 1. The Morgan fingerprint density at radius 1 is 1.06 bits per heavy atom. The Labute approximate surface area is 183 Å². The Bertz CT molecular complexity index is 779. The fraction of sp³-hybridized carbons (Fsp3) is 0.391. The van der Waals surface area contributed by atoms with E-state index in [1.165, 1.54) is 29.9 Å². The summed E-state index contributed by atoms with van der Waals surface area (Å²) in [6.07, 6.45) is 3.97. The molecule has 0 aliphatic carbocycles. The van der Waals surface area contributed by atoms with Crippen molar-refractivity contribution in [3.05, 3.63) is 61.2 Å².